The Hall–Kier alpha value is -1.00. The summed E-state index contributed by atoms with van der Waals surface area (Å²) in [5.74, 6) is 0.637. The highest BCUT2D eigenvalue weighted by molar-refractivity contribution is 6.29. The highest BCUT2D eigenvalue weighted by Gasteiger charge is 2.15. The van der Waals surface area contributed by atoms with Gasteiger partial charge in [-0.05, 0) is 25.0 Å². The van der Waals surface area contributed by atoms with Crippen LogP contribution >= 0.6 is 11.6 Å². The molecule has 1 saturated heterocycles. The van der Waals surface area contributed by atoms with E-state index >= 15 is 0 Å². The van der Waals surface area contributed by atoms with Crippen LogP contribution in [0.5, 0.6) is 0 Å². The molecule has 1 aliphatic rings. The summed E-state index contributed by atoms with van der Waals surface area (Å²) < 4.78 is 5.48. The maximum absolute atomic E-state index is 5.77. The standard InChI is InChI=1S/C10H14ClN3O/c11-9-4-3-8(12)10(14-9)13-6-7-2-1-5-15-7/h3-4,7H,1-2,5-6,12H2,(H,13,14). The van der Waals surface area contributed by atoms with Gasteiger partial charge in [0.2, 0.25) is 0 Å². The molecule has 0 aliphatic carbocycles. The Labute approximate surface area is 93.8 Å². The summed E-state index contributed by atoms with van der Waals surface area (Å²) in [5, 5.41) is 3.59. The van der Waals surface area contributed by atoms with Gasteiger partial charge in [0.25, 0.3) is 0 Å². The molecule has 5 heteroatoms. The molecule has 0 aromatic carbocycles. The summed E-state index contributed by atoms with van der Waals surface area (Å²) in [4.78, 5) is 4.11. The molecule has 2 heterocycles. The summed E-state index contributed by atoms with van der Waals surface area (Å²) in [6.07, 6.45) is 2.49. The largest absolute Gasteiger partial charge is 0.396 e. The number of rotatable bonds is 3. The first-order chi connectivity index (χ1) is 7.25. The average molecular weight is 228 g/mol. The molecular weight excluding hydrogens is 214 g/mol. The molecule has 4 nitrogen and oxygen atoms in total. The van der Waals surface area contributed by atoms with E-state index in [0.29, 0.717) is 16.7 Å². The van der Waals surface area contributed by atoms with Crippen LogP contribution in [0.1, 0.15) is 12.8 Å². The summed E-state index contributed by atoms with van der Waals surface area (Å²) in [5.41, 5.74) is 6.36. The lowest BCUT2D eigenvalue weighted by Crippen LogP contribution is -2.19. The van der Waals surface area contributed by atoms with Crippen molar-refractivity contribution in [3.05, 3.63) is 17.3 Å². The third-order valence-electron chi connectivity index (χ3n) is 2.41. The van der Waals surface area contributed by atoms with Gasteiger partial charge < -0.3 is 15.8 Å². The predicted molar refractivity (Wildman–Crippen MR) is 61.1 cm³/mol. The van der Waals surface area contributed by atoms with Gasteiger partial charge in [-0.1, -0.05) is 11.6 Å². The highest BCUT2D eigenvalue weighted by Crippen LogP contribution is 2.19. The lowest BCUT2D eigenvalue weighted by atomic mass is 10.2. The summed E-state index contributed by atoms with van der Waals surface area (Å²) >= 11 is 5.77. The molecule has 0 bridgehead atoms. The Morgan fingerprint density at radius 1 is 1.60 bits per heavy atom. The van der Waals surface area contributed by atoms with E-state index in [2.05, 4.69) is 10.3 Å². The Kier molecular flexibility index (Phi) is 3.28. The van der Waals surface area contributed by atoms with E-state index in [4.69, 9.17) is 22.1 Å². The predicted octanol–water partition coefficient (Wildman–Crippen LogP) is 1.91. The minimum atomic E-state index is 0.269. The van der Waals surface area contributed by atoms with Crippen LogP contribution in [0.4, 0.5) is 11.5 Å². The molecule has 0 radical (unpaired) electrons. The number of nitrogens with one attached hydrogen (secondary N) is 1. The van der Waals surface area contributed by atoms with Gasteiger partial charge in [0, 0.05) is 13.2 Å². The van der Waals surface area contributed by atoms with E-state index in [0.717, 1.165) is 26.0 Å². The number of hydrogen-bond donors (Lipinski definition) is 2. The fourth-order valence-corrected chi connectivity index (χ4v) is 1.75. The van der Waals surface area contributed by atoms with Gasteiger partial charge in [-0.3, -0.25) is 0 Å². The SMILES string of the molecule is Nc1ccc(Cl)nc1NCC1CCCO1. The molecule has 3 N–H and O–H groups in total. The minimum absolute atomic E-state index is 0.269. The first-order valence-electron chi connectivity index (χ1n) is 5.03. The van der Waals surface area contributed by atoms with E-state index in [1.807, 2.05) is 0 Å². The van der Waals surface area contributed by atoms with Crippen molar-refractivity contribution in [1.29, 1.82) is 0 Å². The molecule has 2 rings (SSSR count). The molecule has 15 heavy (non-hydrogen) atoms. The Bertz CT molecular complexity index is 339. The van der Waals surface area contributed by atoms with Gasteiger partial charge in [-0.25, -0.2) is 4.98 Å². The molecule has 1 aromatic rings. The number of ether oxygens (including phenoxy) is 1. The molecule has 82 valence electrons. The maximum Gasteiger partial charge on any atom is 0.151 e. The lowest BCUT2D eigenvalue weighted by Gasteiger charge is -2.12. The molecule has 1 unspecified atom stereocenters. The van der Waals surface area contributed by atoms with E-state index in [1.165, 1.54) is 0 Å². The van der Waals surface area contributed by atoms with Gasteiger partial charge in [0.15, 0.2) is 5.82 Å². The second kappa shape index (κ2) is 4.68. The fourth-order valence-electron chi connectivity index (χ4n) is 1.60. The van der Waals surface area contributed by atoms with Gasteiger partial charge in [-0.2, -0.15) is 0 Å². The molecule has 1 aliphatic heterocycles. The average Bonchev–Trinajstić information content (AvgIpc) is 2.72. The van der Waals surface area contributed by atoms with Crippen LogP contribution < -0.4 is 11.1 Å². The van der Waals surface area contributed by atoms with Crippen molar-refractivity contribution in [3.63, 3.8) is 0 Å². The second-order valence-electron chi connectivity index (χ2n) is 3.59. The first kappa shape index (κ1) is 10.5. The summed E-state index contributed by atoms with van der Waals surface area (Å²) in [6.45, 7) is 1.59. The van der Waals surface area contributed by atoms with Crippen molar-refractivity contribution in [1.82, 2.24) is 4.98 Å². The number of nitrogen functional groups attached to an aromatic ring is 1. The number of pyridine rings is 1. The highest BCUT2D eigenvalue weighted by atomic mass is 35.5. The number of hydrogen-bond acceptors (Lipinski definition) is 4. The third kappa shape index (κ3) is 2.73. The molecule has 1 atom stereocenters. The van der Waals surface area contributed by atoms with Gasteiger partial charge in [0.05, 0.1) is 11.8 Å². The second-order valence-corrected chi connectivity index (χ2v) is 3.97. The molecule has 0 amide bonds. The maximum atomic E-state index is 5.77. The van der Waals surface area contributed by atoms with Crippen molar-refractivity contribution in [2.24, 2.45) is 0 Å². The number of nitrogens with two attached hydrogens (primary N) is 1. The summed E-state index contributed by atoms with van der Waals surface area (Å²) in [6, 6.07) is 3.42. The normalized spacial score (nSPS) is 20.5. The van der Waals surface area contributed by atoms with Crippen LogP contribution in [0.15, 0.2) is 12.1 Å². The summed E-state index contributed by atoms with van der Waals surface area (Å²) in [7, 11) is 0. The van der Waals surface area contributed by atoms with Gasteiger partial charge in [-0.15, -0.1) is 0 Å². The molecule has 1 fully saturated rings. The van der Waals surface area contributed by atoms with E-state index in [9.17, 15) is 0 Å². The molecule has 1 aromatic heterocycles. The molecular formula is C10H14ClN3O. The number of anilines is 2. The number of aromatic nitrogens is 1. The smallest absolute Gasteiger partial charge is 0.151 e. The first-order valence-corrected chi connectivity index (χ1v) is 5.41. The van der Waals surface area contributed by atoms with Crippen molar-refractivity contribution in [2.75, 3.05) is 24.2 Å². The zero-order valence-electron chi connectivity index (χ0n) is 8.37. The van der Waals surface area contributed by atoms with E-state index in [1.54, 1.807) is 12.1 Å². The van der Waals surface area contributed by atoms with Crippen LogP contribution in [0.25, 0.3) is 0 Å². The topological polar surface area (TPSA) is 60.2 Å². The fraction of sp³-hybridized carbons (Fsp3) is 0.500. The van der Waals surface area contributed by atoms with Gasteiger partial charge >= 0.3 is 0 Å². The lowest BCUT2D eigenvalue weighted by molar-refractivity contribution is 0.120. The Morgan fingerprint density at radius 2 is 2.47 bits per heavy atom. The van der Waals surface area contributed by atoms with Crippen molar-refractivity contribution >= 4 is 23.1 Å². The third-order valence-corrected chi connectivity index (χ3v) is 2.62. The Balaban J connectivity index is 1.94. The zero-order chi connectivity index (χ0) is 10.7. The van der Waals surface area contributed by atoms with E-state index in [-0.39, 0.29) is 6.10 Å². The quantitative estimate of drug-likeness (QED) is 0.775. The van der Waals surface area contributed by atoms with Crippen molar-refractivity contribution < 1.29 is 4.74 Å². The Morgan fingerprint density at radius 3 is 3.20 bits per heavy atom. The minimum Gasteiger partial charge on any atom is -0.396 e. The van der Waals surface area contributed by atoms with Crippen LogP contribution in [0, 0.1) is 0 Å². The monoisotopic (exact) mass is 227 g/mol. The van der Waals surface area contributed by atoms with Crippen LogP contribution in [0.2, 0.25) is 5.15 Å². The van der Waals surface area contributed by atoms with Crippen LogP contribution in [-0.2, 0) is 4.74 Å². The number of nitrogens with zero attached hydrogens (tertiary/aromatic N) is 1. The van der Waals surface area contributed by atoms with Crippen molar-refractivity contribution in [2.45, 2.75) is 18.9 Å². The van der Waals surface area contributed by atoms with Crippen molar-refractivity contribution in [3.8, 4) is 0 Å². The molecule has 0 spiro atoms. The zero-order valence-corrected chi connectivity index (χ0v) is 9.13. The van der Waals surface area contributed by atoms with E-state index < -0.39 is 0 Å². The van der Waals surface area contributed by atoms with Gasteiger partial charge in [0.1, 0.15) is 5.15 Å². The van der Waals surface area contributed by atoms with Crippen LogP contribution in [-0.4, -0.2) is 24.2 Å². The molecule has 0 saturated carbocycles. The van der Waals surface area contributed by atoms with Crippen LogP contribution in [0.3, 0.4) is 0 Å². The number of halogens is 1.